The second-order valence-electron chi connectivity index (χ2n) is 6.36. The molecule has 0 aliphatic carbocycles. The van der Waals surface area contributed by atoms with Gasteiger partial charge in [-0.15, -0.1) is 0 Å². The largest absolute Gasteiger partial charge is 0.354 e. The number of hydrogen-bond donors (Lipinski definition) is 1. The molecule has 146 valence electrons. The number of aryl methyl sites for hydroxylation is 1. The summed E-state index contributed by atoms with van der Waals surface area (Å²) in [6.45, 7) is 2.57. The van der Waals surface area contributed by atoms with E-state index in [1.165, 1.54) is 18.2 Å². The maximum atomic E-state index is 12.7. The highest BCUT2D eigenvalue weighted by Gasteiger charge is 2.30. The number of nitrogens with one attached hydrogen (secondary N) is 1. The van der Waals surface area contributed by atoms with Gasteiger partial charge in [0, 0.05) is 25.1 Å². The molecule has 1 amide bonds. The first-order valence-corrected chi connectivity index (χ1v) is 11.7. The summed E-state index contributed by atoms with van der Waals surface area (Å²) in [6.07, 6.45) is 1.11. The molecular formula is C20H26N2O3S2. The van der Waals surface area contributed by atoms with E-state index in [0.717, 1.165) is 22.1 Å². The lowest BCUT2D eigenvalue weighted by Crippen LogP contribution is -2.41. The maximum Gasteiger partial charge on any atom is 0.243 e. The smallest absolute Gasteiger partial charge is 0.243 e. The van der Waals surface area contributed by atoms with Crippen LogP contribution in [0.4, 0.5) is 0 Å². The molecule has 2 aromatic rings. The summed E-state index contributed by atoms with van der Waals surface area (Å²) in [5.41, 5.74) is 3.19. The molecule has 0 saturated carbocycles. The van der Waals surface area contributed by atoms with Gasteiger partial charge in [-0.25, -0.2) is 8.42 Å². The first kappa shape index (κ1) is 21.5. The van der Waals surface area contributed by atoms with Crippen LogP contribution in [-0.4, -0.2) is 44.2 Å². The van der Waals surface area contributed by atoms with Gasteiger partial charge in [0.15, 0.2) is 0 Å². The minimum absolute atomic E-state index is 0.314. The second kappa shape index (κ2) is 9.92. The van der Waals surface area contributed by atoms with Crippen molar-refractivity contribution in [3.05, 3.63) is 71.3 Å². The van der Waals surface area contributed by atoms with Crippen LogP contribution in [0.15, 0.2) is 54.6 Å². The molecule has 27 heavy (non-hydrogen) atoms. The van der Waals surface area contributed by atoms with Crippen LogP contribution in [-0.2, 0) is 20.6 Å². The van der Waals surface area contributed by atoms with E-state index < -0.39 is 16.1 Å². The minimum Gasteiger partial charge on any atom is -0.354 e. The van der Waals surface area contributed by atoms with E-state index in [9.17, 15) is 13.2 Å². The molecule has 0 aromatic heterocycles. The van der Waals surface area contributed by atoms with Crippen LogP contribution in [0, 0.1) is 6.92 Å². The summed E-state index contributed by atoms with van der Waals surface area (Å²) in [7, 11) is -2.07. The van der Waals surface area contributed by atoms with E-state index in [4.69, 9.17) is 0 Å². The van der Waals surface area contributed by atoms with Gasteiger partial charge in [-0.05, 0) is 23.6 Å². The third-order valence-corrected chi connectivity index (χ3v) is 6.58. The molecule has 0 aliphatic heterocycles. The van der Waals surface area contributed by atoms with E-state index in [1.807, 2.05) is 18.2 Å². The van der Waals surface area contributed by atoms with E-state index in [-0.39, 0.29) is 5.91 Å². The predicted molar refractivity (Wildman–Crippen MR) is 112 cm³/mol. The Hall–Kier alpha value is -1.83. The van der Waals surface area contributed by atoms with Crippen LogP contribution in [0.1, 0.15) is 22.7 Å². The normalized spacial score (nSPS) is 12.7. The van der Waals surface area contributed by atoms with Gasteiger partial charge in [0.1, 0.15) is 6.04 Å². The van der Waals surface area contributed by atoms with E-state index in [1.54, 1.807) is 36.0 Å². The van der Waals surface area contributed by atoms with Crippen molar-refractivity contribution in [1.29, 1.82) is 0 Å². The Balaban J connectivity index is 1.93. The van der Waals surface area contributed by atoms with Gasteiger partial charge in [0.05, 0.1) is 6.26 Å². The monoisotopic (exact) mass is 406 g/mol. The minimum atomic E-state index is -3.50. The number of likely N-dealkylation sites (N-methyl/N-ethyl adjacent to an activating group) is 1. The number of hydrogen-bond acceptors (Lipinski definition) is 4. The average Bonchev–Trinajstić information content (AvgIpc) is 2.63. The van der Waals surface area contributed by atoms with Gasteiger partial charge in [-0.2, -0.15) is 16.1 Å². The molecule has 0 fully saturated rings. The Morgan fingerprint density at radius 2 is 1.74 bits per heavy atom. The van der Waals surface area contributed by atoms with Crippen LogP contribution in [0.3, 0.4) is 0 Å². The fourth-order valence-electron chi connectivity index (χ4n) is 2.65. The van der Waals surface area contributed by atoms with E-state index in [0.29, 0.717) is 12.1 Å². The standard InChI is InChI=1S/C20H26N2O3S2/c1-16-9-7-8-12-18(16)15-26-14-13-21-20(23)19(22(2)27(3,24)25)17-10-5-4-6-11-17/h4-12,19H,13-15H2,1-3H3,(H,21,23). The summed E-state index contributed by atoms with van der Waals surface area (Å²) in [6, 6.07) is 16.3. The topological polar surface area (TPSA) is 66.5 Å². The van der Waals surface area contributed by atoms with E-state index >= 15 is 0 Å². The zero-order valence-corrected chi connectivity index (χ0v) is 17.5. The third-order valence-electron chi connectivity index (χ3n) is 4.31. The van der Waals surface area contributed by atoms with Gasteiger partial charge in [-0.1, -0.05) is 54.6 Å². The Bertz CT molecular complexity index is 855. The number of benzene rings is 2. The van der Waals surface area contributed by atoms with Gasteiger partial charge in [-0.3, -0.25) is 4.79 Å². The van der Waals surface area contributed by atoms with Crippen molar-refractivity contribution in [3.8, 4) is 0 Å². The molecule has 5 nitrogen and oxygen atoms in total. The highest BCUT2D eigenvalue weighted by atomic mass is 32.2. The SMILES string of the molecule is Cc1ccccc1CSCCNC(=O)C(c1ccccc1)N(C)S(C)(=O)=O. The lowest BCUT2D eigenvalue weighted by Gasteiger charge is -2.25. The second-order valence-corrected chi connectivity index (χ2v) is 9.51. The van der Waals surface area contributed by atoms with Crippen LogP contribution in [0.2, 0.25) is 0 Å². The number of carbonyl (C=O) groups is 1. The highest BCUT2D eigenvalue weighted by Crippen LogP contribution is 2.22. The summed E-state index contributed by atoms with van der Waals surface area (Å²) >= 11 is 1.74. The number of rotatable bonds is 9. The fraction of sp³-hybridized carbons (Fsp3) is 0.350. The van der Waals surface area contributed by atoms with Crippen LogP contribution >= 0.6 is 11.8 Å². The Labute approximate surface area is 166 Å². The summed E-state index contributed by atoms with van der Waals surface area (Å²) in [4.78, 5) is 12.7. The fourth-order valence-corrected chi connectivity index (χ4v) is 4.19. The van der Waals surface area contributed by atoms with Gasteiger partial charge in [0.2, 0.25) is 15.9 Å². The van der Waals surface area contributed by atoms with Crippen molar-refractivity contribution in [2.45, 2.75) is 18.7 Å². The average molecular weight is 407 g/mol. The number of sulfonamides is 1. The number of amides is 1. The highest BCUT2D eigenvalue weighted by molar-refractivity contribution is 7.98. The van der Waals surface area contributed by atoms with Crippen molar-refractivity contribution >= 4 is 27.7 Å². The van der Waals surface area contributed by atoms with Gasteiger partial charge < -0.3 is 5.32 Å². The molecule has 0 bridgehead atoms. The summed E-state index contributed by atoms with van der Waals surface area (Å²) < 4.78 is 25.0. The number of carbonyl (C=O) groups excluding carboxylic acids is 1. The molecule has 0 spiro atoms. The zero-order valence-electron chi connectivity index (χ0n) is 15.9. The molecule has 2 aromatic carbocycles. The number of nitrogens with zero attached hydrogens (tertiary/aromatic N) is 1. The molecular weight excluding hydrogens is 380 g/mol. The molecule has 7 heteroatoms. The van der Waals surface area contributed by atoms with Gasteiger partial charge in [0.25, 0.3) is 0 Å². The molecule has 0 aliphatic rings. The summed E-state index contributed by atoms with van der Waals surface area (Å²) in [5, 5.41) is 2.87. The van der Waals surface area contributed by atoms with E-state index in [2.05, 4.69) is 24.4 Å². The number of thioether (sulfide) groups is 1. The molecule has 1 N–H and O–H groups in total. The van der Waals surface area contributed by atoms with Crippen LogP contribution in [0.25, 0.3) is 0 Å². The molecule has 0 saturated heterocycles. The Morgan fingerprint density at radius 1 is 1.11 bits per heavy atom. The van der Waals surface area contributed by atoms with Crippen LogP contribution < -0.4 is 5.32 Å². The maximum absolute atomic E-state index is 12.7. The zero-order chi connectivity index (χ0) is 19.9. The van der Waals surface area contributed by atoms with Crippen molar-refractivity contribution in [2.75, 3.05) is 25.6 Å². The lowest BCUT2D eigenvalue weighted by atomic mass is 10.1. The Morgan fingerprint density at radius 3 is 2.37 bits per heavy atom. The molecule has 2 rings (SSSR count). The lowest BCUT2D eigenvalue weighted by molar-refractivity contribution is -0.124. The molecule has 1 atom stereocenters. The van der Waals surface area contributed by atoms with Crippen molar-refractivity contribution in [2.24, 2.45) is 0 Å². The quantitative estimate of drug-likeness (QED) is 0.650. The van der Waals surface area contributed by atoms with Crippen molar-refractivity contribution in [1.82, 2.24) is 9.62 Å². The van der Waals surface area contributed by atoms with Crippen LogP contribution in [0.5, 0.6) is 0 Å². The first-order valence-electron chi connectivity index (χ1n) is 8.68. The van der Waals surface area contributed by atoms with Gasteiger partial charge >= 0.3 is 0 Å². The van der Waals surface area contributed by atoms with Crippen molar-refractivity contribution in [3.63, 3.8) is 0 Å². The molecule has 1 unspecified atom stereocenters. The first-order chi connectivity index (χ1) is 12.8. The predicted octanol–water partition coefficient (Wildman–Crippen LogP) is 2.98. The third kappa shape index (κ3) is 6.37. The van der Waals surface area contributed by atoms with Crippen molar-refractivity contribution < 1.29 is 13.2 Å². The Kier molecular flexibility index (Phi) is 7.89. The molecule has 0 radical (unpaired) electrons. The molecule has 0 heterocycles. The summed E-state index contributed by atoms with van der Waals surface area (Å²) in [5.74, 6) is 1.32.